The maximum atomic E-state index is 13.8. The van der Waals surface area contributed by atoms with E-state index in [1.165, 1.54) is 4.90 Å². The quantitative estimate of drug-likeness (QED) is 0.618. The molecule has 0 radical (unpaired) electrons. The van der Waals surface area contributed by atoms with Crippen LogP contribution in [-0.4, -0.2) is 62.4 Å². The molecule has 152 valence electrons. The smallest absolute Gasteiger partial charge is 0.266 e. The predicted molar refractivity (Wildman–Crippen MR) is 105 cm³/mol. The molecule has 0 aliphatic carbocycles. The average Bonchev–Trinajstić information content (AvgIpc) is 3.15. The molecule has 3 rings (SSSR count). The molecule has 0 saturated carbocycles. The molecule has 1 fully saturated rings. The molecule has 3 heterocycles. The standard InChI is InChI=1S/C18H26F2N8/c1-11(21)26(5)13(22)9-28-15-12(8-23-28)14(24-16(25-15)17(2,3)4)27-7-6-18(19,20)10-27/h8,21-22H,6-7,9-10H2,1-5H3. The van der Waals surface area contributed by atoms with Gasteiger partial charge < -0.3 is 9.80 Å². The van der Waals surface area contributed by atoms with Crippen LogP contribution in [0.25, 0.3) is 11.0 Å². The fourth-order valence-electron chi connectivity index (χ4n) is 3.00. The zero-order valence-electron chi connectivity index (χ0n) is 16.8. The summed E-state index contributed by atoms with van der Waals surface area (Å²) in [6.45, 7) is 7.45. The van der Waals surface area contributed by atoms with Crippen molar-refractivity contribution in [1.82, 2.24) is 24.6 Å². The Labute approximate surface area is 162 Å². The number of fused-ring (bicyclic) bond motifs is 1. The normalized spacial score (nSPS) is 16.6. The van der Waals surface area contributed by atoms with Crippen LogP contribution in [0.2, 0.25) is 0 Å². The van der Waals surface area contributed by atoms with Crippen molar-refractivity contribution in [2.75, 3.05) is 25.0 Å². The van der Waals surface area contributed by atoms with Gasteiger partial charge in [-0.25, -0.2) is 23.4 Å². The van der Waals surface area contributed by atoms with E-state index in [9.17, 15) is 8.78 Å². The summed E-state index contributed by atoms with van der Waals surface area (Å²) in [5.41, 5.74) is 0.127. The summed E-state index contributed by atoms with van der Waals surface area (Å²) in [6.07, 6.45) is 1.36. The fourth-order valence-corrected chi connectivity index (χ4v) is 3.00. The van der Waals surface area contributed by atoms with Gasteiger partial charge in [0, 0.05) is 25.4 Å². The number of anilines is 1. The highest BCUT2D eigenvalue weighted by atomic mass is 19.3. The number of nitrogens with zero attached hydrogens (tertiary/aromatic N) is 6. The van der Waals surface area contributed by atoms with Crippen molar-refractivity contribution in [1.29, 1.82) is 10.8 Å². The molecule has 0 aromatic carbocycles. The third-order valence-electron chi connectivity index (χ3n) is 4.82. The number of likely N-dealkylation sites (N-methyl/N-ethyl adjacent to an activating group) is 1. The van der Waals surface area contributed by atoms with E-state index in [1.807, 2.05) is 20.8 Å². The van der Waals surface area contributed by atoms with Gasteiger partial charge in [-0.2, -0.15) is 5.10 Å². The van der Waals surface area contributed by atoms with Crippen LogP contribution in [-0.2, 0) is 12.0 Å². The molecule has 2 aromatic rings. The monoisotopic (exact) mass is 392 g/mol. The minimum atomic E-state index is -2.73. The first-order valence-corrected chi connectivity index (χ1v) is 9.12. The lowest BCUT2D eigenvalue weighted by Gasteiger charge is -2.23. The zero-order valence-corrected chi connectivity index (χ0v) is 16.8. The Hall–Kier alpha value is -2.65. The molecule has 0 unspecified atom stereocenters. The molecule has 8 nitrogen and oxygen atoms in total. The number of amidine groups is 2. The first-order chi connectivity index (χ1) is 12.9. The van der Waals surface area contributed by atoms with E-state index in [0.29, 0.717) is 22.7 Å². The average molecular weight is 392 g/mol. The highest BCUT2D eigenvalue weighted by molar-refractivity contribution is 5.97. The van der Waals surface area contributed by atoms with Crippen LogP contribution in [0, 0.1) is 10.8 Å². The number of aromatic nitrogens is 4. The molecular formula is C18H26F2N8. The van der Waals surface area contributed by atoms with E-state index < -0.39 is 5.92 Å². The number of hydrogen-bond donors (Lipinski definition) is 2. The van der Waals surface area contributed by atoms with Crippen LogP contribution < -0.4 is 4.90 Å². The maximum absolute atomic E-state index is 13.8. The van der Waals surface area contributed by atoms with Crippen molar-refractivity contribution < 1.29 is 8.78 Å². The third-order valence-corrected chi connectivity index (χ3v) is 4.82. The lowest BCUT2D eigenvalue weighted by Crippen LogP contribution is -2.33. The van der Waals surface area contributed by atoms with Gasteiger partial charge in [-0.15, -0.1) is 0 Å². The largest absolute Gasteiger partial charge is 0.350 e. The Morgan fingerprint density at radius 3 is 2.50 bits per heavy atom. The van der Waals surface area contributed by atoms with Gasteiger partial charge in [0.25, 0.3) is 5.92 Å². The summed E-state index contributed by atoms with van der Waals surface area (Å²) >= 11 is 0. The number of halogens is 2. The van der Waals surface area contributed by atoms with Gasteiger partial charge >= 0.3 is 0 Å². The Bertz CT molecular complexity index is 928. The van der Waals surface area contributed by atoms with Crippen LogP contribution in [0.15, 0.2) is 6.20 Å². The summed E-state index contributed by atoms with van der Waals surface area (Å²) in [4.78, 5) is 12.3. The number of nitrogens with one attached hydrogen (secondary N) is 2. The molecule has 28 heavy (non-hydrogen) atoms. The minimum Gasteiger partial charge on any atom is -0.350 e. The van der Waals surface area contributed by atoms with Crippen molar-refractivity contribution in [2.45, 2.75) is 52.0 Å². The highest BCUT2D eigenvalue weighted by Gasteiger charge is 2.40. The summed E-state index contributed by atoms with van der Waals surface area (Å²) in [5, 5.41) is 20.8. The molecule has 2 N–H and O–H groups in total. The lowest BCUT2D eigenvalue weighted by atomic mass is 9.95. The minimum absolute atomic E-state index is 0.117. The summed E-state index contributed by atoms with van der Waals surface area (Å²) in [7, 11) is 1.64. The molecule has 2 aromatic heterocycles. The Morgan fingerprint density at radius 2 is 1.96 bits per heavy atom. The second-order valence-corrected chi connectivity index (χ2v) is 8.28. The van der Waals surface area contributed by atoms with Gasteiger partial charge in [0.2, 0.25) is 0 Å². The van der Waals surface area contributed by atoms with Gasteiger partial charge in [-0.1, -0.05) is 20.8 Å². The molecular weight excluding hydrogens is 366 g/mol. The second-order valence-electron chi connectivity index (χ2n) is 8.28. The second kappa shape index (κ2) is 6.75. The summed E-state index contributed by atoms with van der Waals surface area (Å²) in [5.74, 6) is -1.31. The first-order valence-electron chi connectivity index (χ1n) is 9.12. The van der Waals surface area contributed by atoms with Crippen molar-refractivity contribution in [2.24, 2.45) is 0 Å². The number of alkyl halides is 2. The third kappa shape index (κ3) is 3.81. The van der Waals surface area contributed by atoms with Crippen molar-refractivity contribution >= 4 is 28.5 Å². The van der Waals surface area contributed by atoms with Gasteiger partial charge in [-0.05, 0) is 6.92 Å². The predicted octanol–water partition coefficient (Wildman–Crippen LogP) is 2.88. The van der Waals surface area contributed by atoms with E-state index in [0.717, 1.165) is 0 Å². The van der Waals surface area contributed by atoms with Gasteiger partial charge in [0.05, 0.1) is 24.0 Å². The van der Waals surface area contributed by atoms with Crippen molar-refractivity contribution in [3.05, 3.63) is 12.0 Å². The molecule has 1 aliphatic rings. The molecule has 0 atom stereocenters. The Morgan fingerprint density at radius 1 is 1.29 bits per heavy atom. The van der Waals surface area contributed by atoms with Crippen LogP contribution in [0.4, 0.5) is 14.6 Å². The Kier molecular flexibility index (Phi) is 4.84. The molecule has 1 aliphatic heterocycles. The molecule has 0 bridgehead atoms. The fraction of sp³-hybridized carbons (Fsp3) is 0.611. The van der Waals surface area contributed by atoms with Crippen molar-refractivity contribution in [3.63, 3.8) is 0 Å². The van der Waals surface area contributed by atoms with E-state index in [1.54, 1.807) is 29.7 Å². The molecule has 10 heteroatoms. The van der Waals surface area contributed by atoms with Gasteiger partial charge in [0.1, 0.15) is 24.0 Å². The van der Waals surface area contributed by atoms with Crippen LogP contribution in [0.1, 0.15) is 39.9 Å². The number of hydrogen-bond acceptors (Lipinski definition) is 6. The van der Waals surface area contributed by atoms with Gasteiger partial charge in [0.15, 0.2) is 5.65 Å². The highest BCUT2D eigenvalue weighted by Crippen LogP contribution is 2.34. The maximum Gasteiger partial charge on any atom is 0.266 e. The number of rotatable bonds is 3. The molecule has 1 saturated heterocycles. The topological polar surface area (TPSA) is 97.8 Å². The lowest BCUT2D eigenvalue weighted by molar-refractivity contribution is 0.0257. The van der Waals surface area contributed by atoms with E-state index in [2.05, 4.69) is 15.1 Å². The zero-order chi connectivity index (χ0) is 20.9. The molecule has 0 amide bonds. The van der Waals surface area contributed by atoms with E-state index in [4.69, 9.17) is 10.8 Å². The van der Waals surface area contributed by atoms with Gasteiger partial charge in [-0.3, -0.25) is 10.8 Å². The van der Waals surface area contributed by atoms with E-state index in [-0.39, 0.29) is 43.1 Å². The summed E-state index contributed by atoms with van der Waals surface area (Å²) < 4.78 is 29.2. The van der Waals surface area contributed by atoms with Crippen molar-refractivity contribution in [3.8, 4) is 0 Å². The van der Waals surface area contributed by atoms with Crippen LogP contribution in [0.3, 0.4) is 0 Å². The van der Waals surface area contributed by atoms with E-state index >= 15 is 0 Å². The SMILES string of the molecule is CC(=N)N(C)C(=N)Cn1ncc2c(N3CCC(F)(F)C3)nc(C(C)(C)C)nc21. The van der Waals surface area contributed by atoms with Crippen LogP contribution in [0.5, 0.6) is 0 Å². The Balaban J connectivity index is 2.08. The molecule has 0 spiro atoms. The summed E-state index contributed by atoms with van der Waals surface area (Å²) in [6, 6.07) is 0. The first kappa shape index (κ1) is 20.1. The van der Waals surface area contributed by atoms with Crippen LogP contribution >= 0.6 is 0 Å².